The predicted molar refractivity (Wildman–Crippen MR) is 75.0 cm³/mol. The predicted octanol–water partition coefficient (Wildman–Crippen LogP) is 2.81. The standard InChI is InChI=1S/C14H23N3O2/c1-14(2,3)11(5-6-12(18)19)7-10-17-13-15-8-4-9-16-13/h4,8-9,11H,5-7,10H2,1-3H3,(H,18,19)(H,15,16,17). The summed E-state index contributed by atoms with van der Waals surface area (Å²) in [7, 11) is 0. The van der Waals surface area contributed by atoms with Crippen molar-refractivity contribution in [3.8, 4) is 0 Å². The molecule has 0 spiro atoms. The van der Waals surface area contributed by atoms with Crippen LogP contribution in [0.2, 0.25) is 0 Å². The van der Waals surface area contributed by atoms with Crippen molar-refractivity contribution in [1.29, 1.82) is 0 Å². The summed E-state index contributed by atoms with van der Waals surface area (Å²) in [5, 5.41) is 12.0. The van der Waals surface area contributed by atoms with Crippen molar-refractivity contribution in [2.75, 3.05) is 11.9 Å². The first kappa shape index (κ1) is 15.4. The van der Waals surface area contributed by atoms with Gasteiger partial charge in [-0.05, 0) is 30.2 Å². The van der Waals surface area contributed by atoms with E-state index in [-0.39, 0.29) is 11.8 Å². The van der Waals surface area contributed by atoms with Crippen LogP contribution in [0.15, 0.2) is 18.5 Å². The van der Waals surface area contributed by atoms with Gasteiger partial charge in [-0.15, -0.1) is 0 Å². The summed E-state index contributed by atoms with van der Waals surface area (Å²) in [6, 6.07) is 1.77. The molecular weight excluding hydrogens is 242 g/mol. The molecule has 1 rings (SSSR count). The summed E-state index contributed by atoms with van der Waals surface area (Å²) < 4.78 is 0. The van der Waals surface area contributed by atoms with Gasteiger partial charge in [0.15, 0.2) is 0 Å². The van der Waals surface area contributed by atoms with Crippen LogP contribution in [0, 0.1) is 11.3 Å². The van der Waals surface area contributed by atoms with Gasteiger partial charge in [0.1, 0.15) is 0 Å². The summed E-state index contributed by atoms with van der Waals surface area (Å²) in [5.41, 5.74) is 0.106. The largest absolute Gasteiger partial charge is 0.481 e. The molecule has 0 radical (unpaired) electrons. The maximum Gasteiger partial charge on any atom is 0.303 e. The Morgan fingerprint density at radius 2 is 1.95 bits per heavy atom. The Morgan fingerprint density at radius 1 is 1.32 bits per heavy atom. The van der Waals surface area contributed by atoms with Gasteiger partial charge in [0.2, 0.25) is 5.95 Å². The molecule has 1 unspecified atom stereocenters. The maximum absolute atomic E-state index is 10.7. The van der Waals surface area contributed by atoms with Crippen molar-refractivity contribution in [2.45, 2.75) is 40.0 Å². The average Bonchev–Trinajstić information content (AvgIpc) is 2.33. The molecule has 0 fully saturated rings. The van der Waals surface area contributed by atoms with Crippen molar-refractivity contribution in [3.63, 3.8) is 0 Å². The van der Waals surface area contributed by atoms with E-state index in [2.05, 4.69) is 36.1 Å². The lowest BCUT2D eigenvalue weighted by Gasteiger charge is -2.30. The second-order valence-electron chi connectivity index (χ2n) is 5.78. The summed E-state index contributed by atoms with van der Waals surface area (Å²) in [6.45, 7) is 7.21. The number of hydrogen-bond donors (Lipinski definition) is 2. The fourth-order valence-corrected chi connectivity index (χ4v) is 2.06. The molecular formula is C14H23N3O2. The van der Waals surface area contributed by atoms with Crippen LogP contribution in [0.5, 0.6) is 0 Å². The molecule has 5 heteroatoms. The molecule has 19 heavy (non-hydrogen) atoms. The highest BCUT2D eigenvalue weighted by Gasteiger charge is 2.24. The average molecular weight is 265 g/mol. The lowest BCUT2D eigenvalue weighted by atomic mass is 9.76. The summed E-state index contributed by atoms with van der Waals surface area (Å²) in [6.07, 6.45) is 5.23. The molecule has 0 saturated heterocycles. The molecule has 0 bridgehead atoms. The molecule has 0 aliphatic carbocycles. The molecule has 0 saturated carbocycles. The summed E-state index contributed by atoms with van der Waals surface area (Å²) >= 11 is 0. The third-order valence-electron chi connectivity index (χ3n) is 3.27. The van der Waals surface area contributed by atoms with Crippen LogP contribution in [0.4, 0.5) is 5.95 Å². The van der Waals surface area contributed by atoms with Gasteiger partial charge in [-0.1, -0.05) is 20.8 Å². The van der Waals surface area contributed by atoms with Gasteiger partial charge in [-0.3, -0.25) is 4.79 Å². The van der Waals surface area contributed by atoms with E-state index >= 15 is 0 Å². The van der Waals surface area contributed by atoms with Gasteiger partial charge < -0.3 is 10.4 Å². The van der Waals surface area contributed by atoms with Crippen LogP contribution < -0.4 is 5.32 Å². The van der Waals surface area contributed by atoms with E-state index in [9.17, 15) is 4.79 Å². The third-order valence-corrected chi connectivity index (χ3v) is 3.27. The van der Waals surface area contributed by atoms with E-state index in [1.54, 1.807) is 18.5 Å². The van der Waals surface area contributed by atoms with E-state index in [0.29, 0.717) is 18.3 Å². The molecule has 1 atom stereocenters. The Balaban J connectivity index is 2.42. The number of carboxylic acid groups (broad SMARTS) is 1. The summed E-state index contributed by atoms with van der Waals surface area (Å²) in [4.78, 5) is 18.9. The molecule has 1 aromatic rings. The fraction of sp³-hybridized carbons (Fsp3) is 0.643. The SMILES string of the molecule is CC(C)(C)C(CCNc1ncccn1)CCC(=O)O. The molecule has 0 aliphatic rings. The minimum atomic E-state index is -0.728. The number of anilines is 1. The molecule has 106 valence electrons. The quantitative estimate of drug-likeness (QED) is 0.793. The first-order chi connectivity index (χ1) is 8.89. The molecule has 0 amide bonds. The van der Waals surface area contributed by atoms with Crippen molar-refractivity contribution < 1.29 is 9.90 Å². The van der Waals surface area contributed by atoms with Gasteiger partial charge in [0.25, 0.3) is 0 Å². The number of nitrogens with zero attached hydrogens (tertiary/aromatic N) is 2. The van der Waals surface area contributed by atoms with Crippen molar-refractivity contribution in [2.24, 2.45) is 11.3 Å². The zero-order valence-corrected chi connectivity index (χ0v) is 11.9. The summed E-state index contributed by atoms with van der Waals surface area (Å²) in [5.74, 6) is 0.252. The normalized spacial score (nSPS) is 13.0. The lowest BCUT2D eigenvalue weighted by molar-refractivity contribution is -0.137. The van der Waals surface area contributed by atoms with Gasteiger partial charge in [0.05, 0.1) is 0 Å². The molecule has 0 aliphatic heterocycles. The zero-order chi connectivity index (χ0) is 14.3. The van der Waals surface area contributed by atoms with Crippen LogP contribution in [-0.2, 0) is 4.79 Å². The number of aromatic nitrogens is 2. The van der Waals surface area contributed by atoms with Crippen molar-refractivity contribution in [3.05, 3.63) is 18.5 Å². The van der Waals surface area contributed by atoms with E-state index in [1.807, 2.05) is 0 Å². The Bertz CT molecular complexity index is 387. The molecule has 5 nitrogen and oxygen atoms in total. The highest BCUT2D eigenvalue weighted by Crippen LogP contribution is 2.32. The third kappa shape index (κ3) is 6.18. The molecule has 0 aromatic carbocycles. The number of carbonyl (C=O) groups is 1. The minimum absolute atomic E-state index is 0.106. The smallest absolute Gasteiger partial charge is 0.303 e. The molecule has 1 aromatic heterocycles. The van der Waals surface area contributed by atoms with Gasteiger partial charge >= 0.3 is 5.97 Å². The number of nitrogens with one attached hydrogen (secondary N) is 1. The Morgan fingerprint density at radius 3 is 2.47 bits per heavy atom. The number of rotatable bonds is 7. The number of hydrogen-bond acceptors (Lipinski definition) is 4. The minimum Gasteiger partial charge on any atom is -0.481 e. The van der Waals surface area contributed by atoms with Crippen molar-refractivity contribution in [1.82, 2.24) is 9.97 Å². The monoisotopic (exact) mass is 265 g/mol. The van der Waals surface area contributed by atoms with E-state index in [1.165, 1.54) is 0 Å². The van der Waals surface area contributed by atoms with Gasteiger partial charge in [-0.2, -0.15) is 0 Å². The Kier molecular flexibility index (Phi) is 5.73. The fourth-order valence-electron chi connectivity index (χ4n) is 2.06. The van der Waals surface area contributed by atoms with Crippen LogP contribution in [0.3, 0.4) is 0 Å². The van der Waals surface area contributed by atoms with E-state index in [4.69, 9.17) is 5.11 Å². The maximum atomic E-state index is 10.7. The molecule has 2 N–H and O–H groups in total. The highest BCUT2D eigenvalue weighted by atomic mass is 16.4. The van der Waals surface area contributed by atoms with Crippen LogP contribution in [0.25, 0.3) is 0 Å². The second kappa shape index (κ2) is 7.07. The van der Waals surface area contributed by atoms with Crippen LogP contribution in [0.1, 0.15) is 40.0 Å². The van der Waals surface area contributed by atoms with Crippen LogP contribution >= 0.6 is 0 Å². The number of aliphatic carboxylic acids is 1. The topological polar surface area (TPSA) is 75.1 Å². The van der Waals surface area contributed by atoms with Crippen LogP contribution in [-0.4, -0.2) is 27.6 Å². The highest BCUT2D eigenvalue weighted by molar-refractivity contribution is 5.66. The van der Waals surface area contributed by atoms with Gasteiger partial charge in [-0.25, -0.2) is 9.97 Å². The first-order valence-corrected chi connectivity index (χ1v) is 6.62. The van der Waals surface area contributed by atoms with E-state index in [0.717, 1.165) is 13.0 Å². The Hall–Kier alpha value is -1.65. The molecule has 1 heterocycles. The van der Waals surface area contributed by atoms with E-state index < -0.39 is 5.97 Å². The Labute approximate surface area is 114 Å². The zero-order valence-electron chi connectivity index (χ0n) is 11.9. The van der Waals surface area contributed by atoms with Gasteiger partial charge in [0, 0.05) is 25.4 Å². The number of carboxylic acids is 1. The van der Waals surface area contributed by atoms with Crippen molar-refractivity contribution >= 4 is 11.9 Å². The second-order valence-corrected chi connectivity index (χ2v) is 5.78. The lowest BCUT2D eigenvalue weighted by Crippen LogP contribution is -2.24. The first-order valence-electron chi connectivity index (χ1n) is 6.62.